The molecule has 1 N–H and O–H groups in total. The minimum absolute atomic E-state index is 0.399. The molecule has 0 aromatic heterocycles. The predicted octanol–water partition coefficient (Wildman–Crippen LogP) is 7.79. The van der Waals surface area contributed by atoms with Crippen LogP contribution in [0.3, 0.4) is 0 Å². The van der Waals surface area contributed by atoms with Crippen molar-refractivity contribution in [3.63, 3.8) is 0 Å². The van der Waals surface area contributed by atoms with E-state index in [9.17, 15) is 5.11 Å². The third-order valence-electron chi connectivity index (χ3n) is 8.44. The van der Waals surface area contributed by atoms with E-state index in [0.29, 0.717) is 11.8 Å². The quantitative estimate of drug-likeness (QED) is 0.454. The van der Waals surface area contributed by atoms with Crippen molar-refractivity contribution in [1.29, 1.82) is 0 Å². The van der Waals surface area contributed by atoms with Crippen LogP contribution in [-0.4, -0.2) is 11.2 Å². The van der Waals surface area contributed by atoms with E-state index >= 15 is 0 Å². The predicted molar refractivity (Wildman–Crippen MR) is 126 cm³/mol. The molecule has 1 heteroatoms. The number of allylic oxidation sites excluding steroid dienone is 4. The average molecular weight is 397 g/mol. The molecule has 3 aliphatic rings. The standard InChI is InChI=1S/C28H44O/c1-19(2)9-7-10-20(3)25-14-15-26-23(11-8-16-28(25,26)6)12-13-24-18-27(29)22(5)17-21(24)4/h12-13,19-20,25-27,29H,4-5,7-11,14-18H2,1-3,6H3/b23-12?,24-13-/t20-,25-,26?,27-,28-/m1/s1. The van der Waals surface area contributed by atoms with Gasteiger partial charge < -0.3 is 5.11 Å². The zero-order valence-corrected chi connectivity index (χ0v) is 19.5. The molecule has 0 radical (unpaired) electrons. The summed E-state index contributed by atoms with van der Waals surface area (Å²) in [5.74, 6) is 3.31. The molecular formula is C28H44O. The van der Waals surface area contributed by atoms with Gasteiger partial charge in [-0.15, -0.1) is 0 Å². The van der Waals surface area contributed by atoms with Crippen molar-refractivity contribution in [3.8, 4) is 0 Å². The highest BCUT2D eigenvalue weighted by Crippen LogP contribution is 2.60. The number of hydrogen-bond donors (Lipinski definition) is 1. The van der Waals surface area contributed by atoms with Gasteiger partial charge >= 0.3 is 0 Å². The van der Waals surface area contributed by atoms with Crippen LogP contribution in [0.2, 0.25) is 0 Å². The highest BCUT2D eigenvalue weighted by Gasteiger charge is 2.50. The highest BCUT2D eigenvalue weighted by molar-refractivity contribution is 5.41. The Morgan fingerprint density at radius 2 is 1.90 bits per heavy atom. The second-order valence-corrected chi connectivity index (χ2v) is 11.0. The molecule has 3 aliphatic carbocycles. The Balaban J connectivity index is 1.71. The lowest BCUT2D eigenvalue weighted by atomic mass is 9.60. The molecule has 0 aromatic rings. The zero-order valence-electron chi connectivity index (χ0n) is 19.5. The summed E-state index contributed by atoms with van der Waals surface area (Å²) in [4.78, 5) is 0. The lowest BCUT2D eigenvalue weighted by Crippen LogP contribution is -2.36. The fourth-order valence-corrected chi connectivity index (χ4v) is 6.66. The van der Waals surface area contributed by atoms with Crippen LogP contribution < -0.4 is 0 Å². The highest BCUT2D eigenvalue weighted by atomic mass is 16.3. The smallest absolute Gasteiger partial charge is 0.0791 e. The van der Waals surface area contributed by atoms with Crippen molar-refractivity contribution >= 4 is 0 Å². The summed E-state index contributed by atoms with van der Waals surface area (Å²) in [7, 11) is 0. The van der Waals surface area contributed by atoms with Gasteiger partial charge in [-0.05, 0) is 84.3 Å². The normalized spacial score (nSPS) is 36.8. The van der Waals surface area contributed by atoms with Crippen LogP contribution in [0.5, 0.6) is 0 Å². The molecule has 1 nitrogen and oxygen atoms in total. The Bertz CT molecular complexity index is 678. The Morgan fingerprint density at radius 1 is 1.14 bits per heavy atom. The van der Waals surface area contributed by atoms with Crippen LogP contribution in [0.15, 0.2) is 47.6 Å². The van der Waals surface area contributed by atoms with Gasteiger partial charge in [-0.25, -0.2) is 0 Å². The maximum Gasteiger partial charge on any atom is 0.0791 e. The molecule has 0 saturated heterocycles. The minimum atomic E-state index is -0.399. The Hall–Kier alpha value is -1.08. The molecule has 1 unspecified atom stereocenters. The number of rotatable bonds is 6. The van der Waals surface area contributed by atoms with E-state index in [2.05, 4.69) is 53.0 Å². The van der Waals surface area contributed by atoms with E-state index in [1.165, 1.54) is 56.9 Å². The van der Waals surface area contributed by atoms with Crippen molar-refractivity contribution in [3.05, 3.63) is 47.6 Å². The van der Waals surface area contributed by atoms with Crippen molar-refractivity contribution in [2.75, 3.05) is 0 Å². The van der Waals surface area contributed by atoms with Gasteiger partial charge in [0.15, 0.2) is 0 Å². The zero-order chi connectivity index (χ0) is 21.2. The van der Waals surface area contributed by atoms with Gasteiger partial charge in [-0.2, -0.15) is 0 Å². The van der Waals surface area contributed by atoms with E-state index in [1.807, 2.05) is 0 Å². The van der Waals surface area contributed by atoms with E-state index < -0.39 is 6.10 Å². The molecule has 0 bridgehead atoms. The Labute approximate surface area is 180 Å². The lowest BCUT2D eigenvalue weighted by molar-refractivity contribution is 0.0929. The molecule has 0 aromatic carbocycles. The molecule has 0 heterocycles. The van der Waals surface area contributed by atoms with Gasteiger partial charge in [-0.1, -0.05) is 77.8 Å². The number of aliphatic hydroxyl groups excluding tert-OH is 1. The summed E-state index contributed by atoms with van der Waals surface area (Å²) >= 11 is 0. The largest absolute Gasteiger partial charge is 0.388 e. The topological polar surface area (TPSA) is 20.2 Å². The molecule has 162 valence electrons. The fraction of sp³-hybridized carbons (Fsp3) is 0.714. The van der Waals surface area contributed by atoms with E-state index in [0.717, 1.165) is 41.2 Å². The third-order valence-corrected chi connectivity index (χ3v) is 8.44. The maximum absolute atomic E-state index is 10.2. The average Bonchev–Trinajstić information content (AvgIpc) is 3.01. The first-order chi connectivity index (χ1) is 13.7. The fourth-order valence-electron chi connectivity index (χ4n) is 6.66. The van der Waals surface area contributed by atoms with E-state index in [1.54, 1.807) is 5.57 Å². The first-order valence-corrected chi connectivity index (χ1v) is 12.2. The van der Waals surface area contributed by atoms with Crippen LogP contribution in [0, 0.1) is 29.1 Å². The second kappa shape index (κ2) is 9.38. The molecule has 3 rings (SSSR count). The lowest BCUT2D eigenvalue weighted by Gasteiger charge is -2.44. The van der Waals surface area contributed by atoms with Crippen molar-refractivity contribution in [1.82, 2.24) is 0 Å². The maximum atomic E-state index is 10.2. The van der Waals surface area contributed by atoms with Crippen LogP contribution in [-0.2, 0) is 0 Å². The number of fused-ring (bicyclic) bond motifs is 1. The first-order valence-electron chi connectivity index (χ1n) is 12.2. The summed E-state index contributed by atoms with van der Waals surface area (Å²) in [6.07, 6.45) is 16.6. The van der Waals surface area contributed by atoms with Gasteiger partial charge in [0.05, 0.1) is 6.10 Å². The molecule has 0 amide bonds. The van der Waals surface area contributed by atoms with E-state index in [-0.39, 0.29) is 0 Å². The van der Waals surface area contributed by atoms with Crippen LogP contribution in [0.1, 0.15) is 91.9 Å². The molecule has 3 fully saturated rings. The van der Waals surface area contributed by atoms with Crippen LogP contribution >= 0.6 is 0 Å². The van der Waals surface area contributed by atoms with Gasteiger partial charge in [0.1, 0.15) is 0 Å². The van der Waals surface area contributed by atoms with Gasteiger partial charge in [0.25, 0.3) is 0 Å². The van der Waals surface area contributed by atoms with Crippen molar-refractivity contribution in [2.24, 2.45) is 29.1 Å². The number of aliphatic hydroxyl groups is 1. The Morgan fingerprint density at radius 3 is 2.62 bits per heavy atom. The van der Waals surface area contributed by atoms with Crippen LogP contribution in [0.25, 0.3) is 0 Å². The molecule has 29 heavy (non-hydrogen) atoms. The second-order valence-electron chi connectivity index (χ2n) is 11.0. The van der Waals surface area contributed by atoms with Gasteiger partial charge in [-0.3, -0.25) is 0 Å². The third kappa shape index (κ3) is 4.98. The summed E-state index contributed by atoms with van der Waals surface area (Å²) in [6.45, 7) is 18.0. The molecule has 3 saturated carbocycles. The molecule has 0 aliphatic heterocycles. The Kier molecular flexibility index (Phi) is 7.31. The molecule has 5 atom stereocenters. The molecule has 0 spiro atoms. The SMILES string of the molecule is C=C1CC(=C)[C@H](O)C/C1=C/C=C1CCC[C@@]2(C)C1CC[C@@H]2[C@H](C)CCCC(C)C. The van der Waals surface area contributed by atoms with Gasteiger partial charge in [0, 0.05) is 6.42 Å². The van der Waals surface area contributed by atoms with Crippen molar-refractivity contribution < 1.29 is 5.11 Å². The van der Waals surface area contributed by atoms with Gasteiger partial charge in [0.2, 0.25) is 0 Å². The number of hydrogen-bond acceptors (Lipinski definition) is 1. The summed E-state index contributed by atoms with van der Waals surface area (Å²) in [5, 5.41) is 10.2. The van der Waals surface area contributed by atoms with E-state index in [4.69, 9.17) is 0 Å². The monoisotopic (exact) mass is 396 g/mol. The van der Waals surface area contributed by atoms with Crippen molar-refractivity contribution in [2.45, 2.75) is 98.0 Å². The summed E-state index contributed by atoms with van der Waals surface area (Å²) < 4.78 is 0. The summed E-state index contributed by atoms with van der Waals surface area (Å²) in [5.41, 5.74) is 5.42. The summed E-state index contributed by atoms with van der Waals surface area (Å²) in [6, 6.07) is 0. The minimum Gasteiger partial charge on any atom is -0.388 e. The first kappa shape index (κ1) is 22.6. The molecular weight excluding hydrogens is 352 g/mol. The van der Waals surface area contributed by atoms with Crippen LogP contribution in [0.4, 0.5) is 0 Å².